The van der Waals surface area contributed by atoms with E-state index < -0.39 is 11.5 Å². The van der Waals surface area contributed by atoms with Crippen molar-refractivity contribution in [1.82, 2.24) is 4.90 Å². The number of carbonyl (C=O) groups is 1. The molecule has 1 fully saturated rings. The van der Waals surface area contributed by atoms with Crippen molar-refractivity contribution in [3.05, 3.63) is 34.3 Å². The summed E-state index contributed by atoms with van der Waals surface area (Å²) in [6.07, 6.45) is 4.31. The minimum absolute atomic E-state index is 0.247. The number of rotatable bonds is 6. The van der Waals surface area contributed by atoms with Crippen molar-refractivity contribution in [2.75, 3.05) is 6.54 Å². The molecule has 21 heavy (non-hydrogen) atoms. The maximum Gasteiger partial charge on any atom is 0.324 e. The van der Waals surface area contributed by atoms with Crippen LogP contribution in [0.5, 0.6) is 0 Å². The molecule has 2 rings (SSSR count). The molecule has 1 aromatic carbocycles. The Kier molecular flexibility index (Phi) is 5.44. The number of carboxylic acid groups (broad SMARTS) is 1. The molecule has 0 radical (unpaired) electrons. The van der Waals surface area contributed by atoms with Gasteiger partial charge in [-0.3, -0.25) is 9.69 Å². The molecular formula is C17H24BrNO2. The molecule has 0 aromatic heterocycles. The van der Waals surface area contributed by atoms with Gasteiger partial charge in [0.2, 0.25) is 0 Å². The van der Waals surface area contributed by atoms with Crippen LogP contribution in [0.1, 0.15) is 45.1 Å². The third-order valence-electron chi connectivity index (χ3n) is 4.58. The van der Waals surface area contributed by atoms with Crippen LogP contribution < -0.4 is 0 Å². The molecule has 0 amide bonds. The van der Waals surface area contributed by atoms with E-state index in [4.69, 9.17) is 0 Å². The lowest BCUT2D eigenvalue weighted by Crippen LogP contribution is -2.54. The van der Waals surface area contributed by atoms with Crippen LogP contribution in [0.3, 0.4) is 0 Å². The minimum Gasteiger partial charge on any atom is -0.480 e. The number of hydrogen-bond donors (Lipinski definition) is 1. The van der Waals surface area contributed by atoms with Gasteiger partial charge in [0.25, 0.3) is 0 Å². The van der Waals surface area contributed by atoms with Gasteiger partial charge in [0.05, 0.1) is 0 Å². The highest BCUT2D eigenvalue weighted by Gasteiger charge is 2.48. The highest BCUT2D eigenvalue weighted by molar-refractivity contribution is 9.10. The zero-order valence-corrected chi connectivity index (χ0v) is 14.4. The van der Waals surface area contributed by atoms with Gasteiger partial charge in [0, 0.05) is 10.5 Å². The lowest BCUT2D eigenvalue weighted by atomic mass is 9.89. The van der Waals surface area contributed by atoms with Crippen molar-refractivity contribution in [1.29, 1.82) is 0 Å². The molecule has 1 saturated heterocycles. The van der Waals surface area contributed by atoms with Crippen molar-refractivity contribution in [2.24, 2.45) is 0 Å². The van der Waals surface area contributed by atoms with Gasteiger partial charge in [-0.1, -0.05) is 41.4 Å². The normalized spacial score (nSPS) is 24.1. The van der Waals surface area contributed by atoms with Crippen LogP contribution in [0.2, 0.25) is 0 Å². The van der Waals surface area contributed by atoms with E-state index >= 15 is 0 Å². The van der Waals surface area contributed by atoms with Gasteiger partial charge in [0.15, 0.2) is 0 Å². The van der Waals surface area contributed by atoms with Crippen LogP contribution in [-0.2, 0) is 11.2 Å². The summed E-state index contributed by atoms with van der Waals surface area (Å²) < 4.78 is 1.07. The fourth-order valence-corrected chi connectivity index (χ4v) is 3.90. The van der Waals surface area contributed by atoms with Crippen LogP contribution in [-0.4, -0.2) is 34.1 Å². The fraction of sp³-hybridized carbons (Fsp3) is 0.588. The van der Waals surface area contributed by atoms with E-state index in [-0.39, 0.29) is 6.04 Å². The van der Waals surface area contributed by atoms with Gasteiger partial charge in [-0.25, -0.2) is 0 Å². The first-order chi connectivity index (χ1) is 9.99. The summed E-state index contributed by atoms with van der Waals surface area (Å²) in [5.74, 6) is -0.649. The Labute approximate surface area is 135 Å². The standard InChI is InChI=1S/C17H24BrNO2/c1-3-9-17(16(20)21)10-4-11-19(17)13(2)12-14-5-7-15(18)8-6-14/h5-8,13H,3-4,9-12H2,1-2H3,(H,20,21). The molecule has 0 aliphatic carbocycles. The fourth-order valence-electron chi connectivity index (χ4n) is 3.63. The monoisotopic (exact) mass is 353 g/mol. The van der Waals surface area contributed by atoms with E-state index in [1.165, 1.54) is 5.56 Å². The molecule has 2 atom stereocenters. The van der Waals surface area contributed by atoms with Gasteiger partial charge in [-0.2, -0.15) is 0 Å². The highest BCUT2D eigenvalue weighted by Crippen LogP contribution is 2.36. The first kappa shape index (κ1) is 16.5. The predicted molar refractivity (Wildman–Crippen MR) is 88.5 cm³/mol. The van der Waals surface area contributed by atoms with Gasteiger partial charge in [0.1, 0.15) is 5.54 Å². The molecule has 1 N–H and O–H groups in total. The van der Waals surface area contributed by atoms with E-state index in [2.05, 4.69) is 46.8 Å². The van der Waals surface area contributed by atoms with Crippen molar-refractivity contribution in [3.63, 3.8) is 0 Å². The predicted octanol–water partition coefficient (Wildman–Crippen LogP) is 4.10. The highest BCUT2D eigenvalue weighted by atomic mass is 79.9. The van der Waals surface area contributed by atoms with E-state index in [0.29, 0.717) is 0 Å². The van der Waals surface area contributed by atoms with Gasteiger partial charge < -0.3 is 5.11 Å². The molecule has 1 aromatic rings. The Hall–Kier alpha value is -0.870. The Balaban J connectivity index is 2.14. The van der Waals surface area contributed by atoms with Crippen LogP contribution in [0.15, 0.2) is 28.7 Å². The topological polar surface area (TPSA) is 40.5 Å². The molecular weight excluding hydrogens is 330 g/mol. The van der Waals surface area contributed by atoms with Crippen LogP contribution in [0, 0.1) is 0 Å². The summed E-state index contributed by atoms with van der Waals surface area (Å²) in [5, 5.41) is 9.77. The Morgan fingerprint density at radius 2 is 2.10 bits per heavy atom. The molecule has 116 valence electrons. The summed E-state index contributed by atoms with van der Waals surface area (Å²) in [5.41, 5.74) is 0.608. The van der Waals surface area contributed by atoms with Crippen LogP contribution in [0.25, 0.3) is 0 Å². The maximum absolute atomic E-state index is 11.9. The van der Waals surface area contributed by atoms with Crippen molar-refractivity contribution >= 4 is 21.9 Å². The second-order valence-corrected chi connectivity index (χ2v) is 6.98. The third-order valence-corrected chi connectivity index (χ3v) is 5.11. The lowest BCUT2D eigenvalue weighted by Gasteiger charge is -2.39. The van der Waals surface area contributed by atoms with Crippen molar-refractivity contribution in [2.45, 2.75) is 57.5 Å². The molecule has 3 nitrogen and oxygen atoms in total. The number of benzene rings is 1. The summed E-state index contributed by atoms with van der Waals surface area (Å²) in [7, 11) is 0. The quantitative estimate of drug-likeness (QED) is 0.836. The number of carboxylic acids is 1. The SMILES string of the molecule is CCCC1(C(=O)O)CCCN1C(C)Cc1ccc(Br)cc1. The molecule has 1 aliphatic heterocycles. The van der Waals surface area contributed by atoms with Crippen LogP contribution >= 0.6 is 15.9 Å². The van der Waals surface area contributed by atoms with Gasteiger partial charge in [-0.15, -0.1) is 0 Å². The Morgan fingerprint density at radius 1 is 1.43 bits per heavy atom. The summed E-state index contributed by atoms with van der Waals surface area (Å²) in [4.78, 5) is 14.1. The lowest BCUT2D eigenvalue weighted by molar-refractivity contribution is -0.151. The van der Waals surface area contributed by atoms with Crippen molar-refractivity contribution < 1.29 is 9.90 Å². The Bertz CT molecular complexity index is 488. The first-order valence-corrected chi connectivity index (χ1v) is 8.53. The van der Waals surface area contributed by atoms with E-state index in [9.17, 15) is 9.90 Å². The largest absolute Gasteiger partial charge is 0.480 e. The first-order valence-electron chi connectivity index (χ1n) is 7.74. The minimum atomic E-state index is -0.649. The molecule has 0 spiro atoms. The van der Waals surface area contributed by atoms with E-state index in [1.807, 2.05) is 12.1 Å². The smallest absolute Gasteiger partial charge is 0.324 e. The third kappa shape index (κ3) is 3.49. The van der Waals surface area contributed by atoms with E-state index in [1.54, 1.807) is 0 Å². The number of nitrogens with zero attached hydrogens (tertiary/aromatic N) is 1. The van der Waals surface area contributed by atoms with Crippen molar-refractivity contribution in [3.8, 4) is 0 Å². The number of aliphatic carboxylic acids is 1. The molecule has 1 aliphatic rings. The van der Waals surface area contributed by atoms with Gasteiger partial charge >= 0.3 is 5.97 Å². The average Bonchev–Trinajstić information content (AvgIpc) is 2.87. The maximum atomic E-state index is 11.9. The zero-order valence-electron chi connectivity index (χ0n) is 12.8. The second-order valence-electron chi connectivity index (χ2n) is 6.06. The molecule has 4 heteroatoms. The van der Waals surface area contributed by atoms with Crippen LogP contribution in [0.4, 0.5) is 0 Å². The Morgan fingerprint density at radius 3 is 2.67 bits per heavy atom. The molecule has 0 saturated carbocycles. The number of hydrogen-bond acceptors (Lipinski definition) is 2. The summed E-state index contributed by atoms with van der Waals surface area (Å²) >= 11 is 3.45. The molecule has 0 bridgehead atoms. The average molecular weight is 354 g/mol. The number of halogens is 1. The zero-order chi connectivity index (χ0) is 15.5. The molecule has 1 heterocycles. The number of likely N-dealkylation sites (tertiary alicyclic amines) is 1. The summed E-state index contributed by atoms with van der Waals surface area (Å²) in [6.45, 7) is 5.12. The molecule has 2 unspecified atom stereocenters. The summed E-state index contributed by atoms with van der Waals surface area (Å²) in [6, 6.07) is 8.56. The van der Waals surface area contributed by atoms with E-state index in [0.717, 1.165) is 43.1 Å². The second kappa shape index (κ2) is 6.93. The van der Waals surface area contributed by atoms with Gasteiger partial charge in [-0.05, 0) is 56.8 Å².